The topological polar surface area (TPSA) is 77.8 Å². The van der Waals surface area contributed by atoms with Gasteiger partial charge < -0.3 is 10.6 Å². The maximum atomic E-state index is 13.4. The fourth-order valence-electron chi connectivity index (χ4n) is 3.62. The second-order valence-corrected chi connectivity index (χ2v) is 8.49. The molecule has 1 unspecified atom stereocenters. The van der Waals surface area contributed by atoms with Crippen LogP contribution in [0.5, 0.6) is 0 Å². The van der Waals surface area contributed by atoms with Crippen molar-refractivity contribution in [3.63, 3.8) is 0 Å². The molecule has 1 aliphatic rings. The van der Waals surface area contributed by atoms with Gasteiger partial charge in [0.15, 0.2) is 0 Å². The normalized spacial score (nSPS) is 16.5. The average molecular weight is 508 g/mol. The van der Waals surface area contributed by atoms with E-state index in [0.717, 1.165) is 11.3 Å². The molecule has 2 N–H and O–H groups in total. The number of thiazole rings is 1. The highest BCUT2D eigenvalue weighted by molar-refractivity contribution is 7.11. The lowest BCUT2D eigenvalue weighted by Gasteiger charge is -2.29. The van der Waals surface area contributed by atoms with Gasteiger partial charge in [-0.15, -0.1) is 11.3 Å². The van der Waals surface area contributed by atoms with Gasteiger partial charge in [-0.1, -0.05) is 12.1 Å². The Morgan fingerprint density at radius 1 is 1.00 bits per heavy atom. The minimum atomic E-state index is -5.03. The number of amides is 2. The van der Waals surface area contributed by atoms with Gasteiger partial charge in [0, 0.05) is 22.2 Å². The SMILES string of the molecule is CC1=C(c2nc(-c3ccc(C#N)cc3)cs2)C(c2cc(C(F)(F)F)cc(C(F)(F)F)c2)NC(=O)N1. The van der Waals surface area contributed by atoms with Gasteiger partial charge in [0.1, 0.15) is 5.01 Å². The van der Waals surface area contributed by atoms with Crippen LogP contribution in [0.4, 0.5) is 31.1 Å². The Bertz CT molecular complexity index is 1330. The van der Waals surface area contributed by atoms with Crippen LogP contribution in [0.3, 0.4) is 0 Å². The summed E-state index contributed by atoms with van der Waals surface area (Å²) in [5.74, 6) is 0. The van der Waals surface area contributed by atoms with E-state index in [4.69, 9.17) is 5.26 Å². The number of halogens is 6. The molecule has 1 aromatic heterocycles. The number of nitrogens with one attached hydrogen (secondary N) is 2. The van der Waals surface area contributed by atoms with E-state index in [1.165, 1.54) is 6.92 Å². The molecule has 0 saturated carbocycles. The van der Waals surface area contributed by atoms with Crippen LogP contribution in [0, 0.1) is 11.3 Å². The van der Waals surface area contributed by atoms with Gasteiger partial charge in [-0.2, -0.15) is 31.6 Å². The molecule has 0 bridgehead atoms. The van der Waals surface area contributed by atoms with Crippen LogP contribution in [-0.2, 0) is 12.4 Å². The third kappa shape index (κ3) is 5.00. The van der Waals surface area contributed by atoms with Gasteiger partial charge in [-0.05, 0) is 42.8 Å². The van der Waals surface area contributed by atoms with Crippen molar-refractivity contribution in [2.45, 2.75) is 25.3 Å². The van der Waals surface area contributed by atoms with Gasteiger partial charge in [0.25, 0.3) is 0 Å². The van der Waals surface area contributed by atoms with E-state index in [1.54, 1.807) is 29.6 Å². The van der Waals surface area contributed by atoms with Crippen molar-refractivity contribution >= 4 is 22.9 Å². The molecule has 0 spiro atoms. The van der Waals surface area contributed by atoms with Crippen LogP contribution >= 0.6 is 11.3 Å². The smallest absolute Gasteiger partial charge is 0.327 e. The summed E-state index contributed by atoms with van der Waals surface area (Å²) < 4.78 is 80.5. The van der Waals surface area contributed by atoms with Crippen LogP contribution in [0.25, 0.3) is 16.8 Å². The maximum absolute atomic E-state index is 13.4. The van der Waals surface area contributed by atoms with E-state index in [-0.39, 0.29) is 22.9 Å². The Kier molecular flexibility index (Phi) is 6.06. The molecule has 3 aromatic rings. The first-order valence-electron chi connectivity index (χ1n) is 9.91. The number of nitrogens with zero attached hydrogens (tertiary/aromatic N) is 2. The predicted molar refractivity (Wildman–Crippen MR) is 116 cm³/mol. The van der Waals surface area contributed by atoms with E-state index in [2.05, 4.69) is 15.6 Å². The van der Waals surface area contributed by atoms with E-state index < -0.39 is 35.6 Å². The average Bonchev–Trinajstić information content (AvgIpc) is 3.27. The molecule has 5 nitrogen and oxygen atoms in total. The van der Waals surface area contributed by atoms with Crippen molar-refractivity contribution in [2.75, 3.05) is 0 Å². The summed E-state index contributed by atoms with van der Waals surface area (Å²) in [5, 5.41) is 15.8. The molecule has 180 valence electrons. The second kappa shape index (κ2) is 8.74. The molecular formula is C23H14F6N4OS. The molecule has 35 heavy (non-hydrogen) atoms. The third-order valence-electron chi connectivity index (χ3n) is 5.26. The molecule has 0 aliphatic carbocycles. The molecule has 2 aromatic carbocycles. The summed E-state index contributed by atoms with van der Waals surface area (Å²) in [6, 6.07) is 7.64. The predicted octanol–water partition coefficient (Wildman–Crippen LogP) is 6.50. The summed E-state index contributed by atoms with van der Waals surface area (Å²) in [7, 11) is 0. The zero-order valence-electron chi connectivity index (χ0n) is 17.7. The second-order valence-electron chi connectivity index (χ2n) is 7.64. The number of hydrogen-bond donors (Lipinski definition) is 2. The number of urea groups is 1. The van der Waals surface area contributed by atoms with Crippen LogP contribution in [0.2, 0.25) is 0 Å². The van der Waals surface area contributed by atoms with Crippen LogP contribution < -0.4 is 10.6 Å². The van der Waals surface area contributed by atoms with E-state index >= 15 is 0 Å². The molecular weight excluding hydrogens is 494 g/mol. The first-order chi connectivity index (χ1) is 16.4. The molecule has 0 radical (unpaired) electrons. The van der Waals surface area contributed by atoms with E-state index in [1.807, 2.05) is 6.07 Å². The number of hydrogen-bond acceptors (Lipinski definition) is 4. The summed E-state index contributed by atoms with van der Waals surface area (Å²) in [6.07, 6.45) is -10.1. The lowest BCUT2D eigenvalue weighted by atomic mass is 9.92. The van der Waals surface area contributed by atoms with Gasteiger partial charge in [0.2, 0.25) is 0 Å². The minimum absolute atomic E-state index is 0.0367. The van der Waals surface area contributed by atoms with Gasteiger partial charge in [-0.3, -0.25) is 0 Å². The van der Waals surface area contributed by atoms with E-state index in [0.29, 0.717) is 34.0 Å². The Balaban J connectivity index is 1.83. The number of rotatable bonds is 3. The summed E-state index contributed by atoms with van der Waals surface area (Å²) in [6.45, 7) is 1.49. The Morgan fingerprint density at radius 2 is 1.60 bits per heavy atom. The van der Waals surface area contributed by atoms with Crippen molar-refractivity contribution in [3.8, 4) is 17.3 Å². The van der Waals surface area contributed by atoms with Gasteiger partial charge in [0.05, 0.1) is 34.5 Å². The van der Waals surface area contributed by atoms with Crippen molar-refractivity contribution < 1.29 is 31.1 Å². The summed E-state index contributed by atoms with van der Waals surface area (Å²) >= 11 is 1.11. The van der Waals surface area contributed by atoms with Crippen molar-refractivity contribution in [2.24, 2.45) is 0 Å². The minimum Gasteiger partial charge on any atom is -0.327 e. The largest absolute Gasteiger partial charge is 0.416 e. The Hall–Kier alpha value is -3.85. The highest BCUT2D eigenvalue weighted by Crippen LogP contribution is 2.42. The quantitative estimate of drug-likeness (QED) is 0.396. The highest BCUT2D eigenvalue weighted by Gasteiger charge is 2.39. The first-order valence-corrected chi connectivity index (χ1v) is 10.8. The number of nitriles is 1. The van der Waals surface area contributed by atoms with Crippen molar-refractivity contribution in [1.82, 2.24) is 15.6 Å². The van der Waals surface area contributed by atoms with Crippen LogP contribution in [0.1, 0.15) is 40.2 Å². The van der Waals surface area contributed by atoms with Gasteiger partial charge >= 0.3 is 18.4 Å². The van der Waals surface area contributed by atoms with Crippen molar-refractivity contribution in [1.29, 1.82) is 5.26 Å². The van der Waals surface area contributed by atoms with Crippen molar-refractivity contribution in [3.05, 3.63) is 80.8 Å². The third-order valence-corrected chi connectivity index (χ3v) is 6.13. The lowest BCUT2D eigenvalue weighted by Crippen LogP contribution is -2.43. The number of alkyl halides is 6. The molecule has 2 amide bonds. The van der Waals surface area contributed by atoms with Gasteiger partial charge in [-0.25, -0.2) is 9.78 Å². The first kappa shape index (κ1) is 24.3. The summed E-state index contributed by atoms with van der Waals surface area (Å²) in [5.41, 5.74) is -1.28. The highest BCUT2D eigenvalue weighted by atomic mass is 32.1. The molecule has 2 heterocycles. The number of carbonyl (C=O) groups excluding carboxylic acids is 1. The maximum Gasteiger partial charge on any atom is 0.416 e. The molecule has 0 fully saturated rings. The standard InChI is InChI=1S/C23H14F6N4OS/c1-11-18(20-32-17(10-35-20)13-4-2-12(9-30)3-5-13)19(33-21(34)31-11)14-6-15(22(24,25)26)8-16(7-14)23(27,28)29/h2-8,10,19H,1H3,(H2,31,33,34). The Morgan fingerprint density at radius 3 is 2.14 bits per heavy atom. The molecule has 1 atom stereocenters. The molecule has 1 aliphatic heterocycles. The number of allylic oxidation sites excluding steroid dienone is 1. The summed E-state index contributed by atoms with van der Waals surface area (Å²) in [4.78, 5) is 16.6. The molecule has 4 rings (SSSR count). The molecule has 12 heteroatoms. The fraction of sp³-hybridized carbons (Fsp3) is 0.174. The zero-order valence-corrected chi connectivity index (χ0v) is 18.5. The van der Waals surface area contributed by atoms with Crippen LogP contribution in [-0.4, -0.2) is 11.0 Å². The number of carbonyl (C=O) groups is 1. The Labute approximate surface area is 198 Å². The number of benzene rings is 2. The fourth-order valence-corrected chi connectivity index (χ4v) is 4.58. The molecule has 0 saturated heterocycles. The van der Waals surface area contributed by atoms with E-state index in [9.17, 15) is 31.1 Å². The monoisotopic (exact) mass is 508 g/mol. The zero-order chi connectivity index (χ0) is 25.5. The lowest BCUT2D eigenvalue weighted by molar-refractivity contribution is -0.143. The number of aromatic nitrogens is 1. The van der Waals surface area contributed by atoms with Crippen LogP contribution in [0.15, 0.2) is 53.5 Å².